The molecule has 0 bridgehead atoms. The SMILES string of the molecule is CC(C)(CCCO)CNc1ccnc2c(N)cccc12. The zero-order valence-corrected chi connectivity index (χ0v) is 12.2. The number of nitrogens with two attached hydrogens (primary N) is 1. The number of fused-ring (bicyclic) bond motifs is 1. The van der Waals surface area contributed by atoms with Crippen LogP contribution in [0.5, 0.6) is 0 Å². The number of para-hydroxylation sites is 1. The fraction of sp³-hybridized carbons (Fsp3) is 0.438. The highest BCUT2D eigenvalue weighted by molar-refractivity contribution is 5.97. The third-order valence-corrected chi connectivity index (χ3v) is 3.57. The van der Waals surface area contributed by atoms with Gasteiger partial charge in [0.25, 0.3) is 0 Å². The number of pyridine rings is 1. The summed E-state index contributed by atoms with van der Waals surface area (Å²) in [6, 6.07) is 7.82. The van der Waals surface area contributed by atoms with Gasteiger partial charge < -0.3 is 16.2 Å². The smallest absolute Gasteiger partial charge is 0.0951 e. The van der Waals surface area contributed by atoms with E-state index in [2.05, 4.69) is 24.1 Å². The molecule has 0 saturated heterocycles. The van der Waals surface area contributed by atoms with Gasteiger partial charge >= 0.3 is 0 Å². The molecule has 4 N–H and O–H groups in total. The van der Waals surface area contributed by atoms with E-state index in [0.717, 1.165) is 36.0 Å². The maximum absolute atomic E-state index is 8.94. The lowest BCUT2D eigenvalue weighted by molar-refractivity contribution is 0.248. The van der Waals surface area contributed by atoms with Crippen molar-refractivity contribution in [3.05, 3.63) is 30.5 Å². The summed E-state index contributed by atoms with van der Waals surface area (Å²) in [6.45, 7) is 5.50. The van der Waals surface area contributed by atoms with E-state index in [4.69, 9.17) is 10.8 Å². The third kappa shape index (κ3) is 3.39. The summed E-state index contributed by atoms with van der Waals surface area (Å²) in [4.78, 5) is 4.34. The van der Waals surface area contributed by atoms with Gasteiger partial charge in [0.2, 0.25) is 0 Å². The molecule has 2 rings (SSSR count). The van der Waals surface area contributed by atoms with Gasteiger partial charge in [-0.2, -0.15) is 0 Å². The van der Waals surface area contributed by atoms with Gasteiger partial charge in [-0.05, 0) is 30.4 Å². The van der Waals surface area contributed by atoms with Gasteiger partial charge in [0.1, 0.15) is 0 Å². The molecular formula is C16H23N3O. The minimum absolute atomic E-state index is 0.138. The largest absolute Gasteiger partial charge is 0.397 e. The first-order valence-electron chi connectivity index (χ1n) is 7.01. The van der Waals surface area contributed by atoms with Crippen LogP contribution >= 0.6 is 0 Å². The standard InChI is InChI=1S/C16H23N3O/c1-16(2,8-4-10-20)11-19-14-7-9-18-15-12(14)5-3-6-13(15)17/h3,5-7,9,20H,4,8,10-11,17H2,1-2H3,(H,18,19). The van der Waals surface area contributed by atoms with Crippen molar-refractivity contribution in [2.45, 2.75) is 26.7 Å². The predicted molar refractivity (Wildman–Crippen MR) is 84.7 cm³/mol. The van der Waals surface area contributed by atoms with Gasteiger partial charge in [-0.3, -0.25) is 4.98 Å². The number of aliphatic hydroxyl groups excluding tert-OH is 1. The lowest BCUT2D eigenvalue weighted by Crippen LogP contribution is -2.23. The van der Waals surface area contributed by atoms with Gasteiger partial charge in [0.15, 0.2) is 0 Å². The van der Waals surface area contributed by atoms with Gasteiger partial charge in [-0.25, -0.2) is 0 Å². The number of nitrogens with zero attached hydrogens (tertiary/aromatic N) is 1. The predicted octanol–water partition coefficient (Wildman–Crippen LogP) is 3.03. The van der Waals surface area contributed by atoms with E-state index in [-0.39, 0.29) is 12.0 Å². The van der Waals surface area contributed by atoms with Crippen LogP contribution in [0, 0.1) is 5.41 Å². The first-order chi connectivity index (χ1) is 9.53. The quantitative estimate of drug-likeness (QED) is 0.707. The Morgan fingerprint density at radius 2 is 2.10 bits per heavy atom. The summed E-state index contributed by atoms with van der Waals surface area (Å²) < 4.78 is 0. The van der Waals surface area contributed by atoms with Crippen molar-refractivity contribution in [2.24, 2.45) is 5.41 Å². The zero-order valence-electron chi connectivity index (χ0n) is 12.2. The molecule has 20 heavy (non-hydrogen) atoms. The number of anilines is 2. The third-order valence-electron chi connectivity index (χ3n) is 3.57. The van der Waals surface area contributed by atoms with E-state index in [1.54, 1.807) is 6.20 Å². The molecule has 2 aromatic rings. The molecule has 1 heterocycles. The minimum Gasteiger partial charge on any atom is -0.397 e. The summed E-state index contributed by atoms with van der Waals surface area (Å²) in [5.74, 6) is 0. The van der Waals surface area contributed by atoms with Crippen LogP contribution in [0.2, 0.25) is 0 Å². The number of nitrogens with one attached hydrogen (secondary N) is 1. The van der Waals surface area contributed by atoms with Crippen LogP contribution in [0.25, 0.3) is 10.9 Å². The Bertz CT molecular complexity index is 581. The van der Waals surface area contributed by atoms with Crippen LogP contribution < -0.4 is 11.1 Å². The Balaban J connectivity index is 2.16. The van der Waals surface area contributed by atoms with Crippen LogP contribution in [0.4, 0.5) is 11.4 Å². The highest BCUT2D eigenvalue weighted by atomic mass is 16.2. The average Bonchev–Trinajstić information content (AvgIpc) is 2.44. The second-order valence-electron chi connectivity index (χ2n) is 5.95. The van der Waals surface area contributed by atoms with Crippen LogP contribution in [0.3, 0.4) is 0 Å². The van der Waals surface area contributed by atoms with E-state index in [9.17, 15) is 0 Å². The summed E-state index contributed by atoms with van der Waals surface area (Å²) in [6.07, 6.45) is 3.60. The lowest BCUT2D eigenvalue weighted by atomic mass is 9.88. The Morgan fingerprint density at radius 1 is 1.30 bits per heavy atom. The second-order valence-corrected chi connectivity index (χ2v) is 5.95. The summed E-state index contributed by atoms with van der Waals surface area (Å²) in [5.41, 5.74) is 8.69. The van der Waals surface area contributed by atoms with Gasteiger partial charge in [-0.1, -0.05) is 26.0 Å². The number of nitrogen functional groups attached to an aromatic ring is 1. The molecular weight excluding hydrogens is 250 g/mol. The first-order valence-corrected chi connectivity index (χ1v) is 7.01. The van der Waals surface area contributed by atoms with E-state index in [1.165, 1.54) is 0 Å². The van der Waals surface area contributed by atoms with Crippen LogP contribution in [0.15, 0.2) is 30.5 Å². The van der Waals surface area contributed by atoms with Crippen LogP contribution in [-0.4, -0.2) is 23.2 Å². The number of aliphatic hydroxyl groups is 1. The van der Waals surface area contributed by atoms with Crippen molar-refractivity contribution in [1.29, 1.82) is 0 Å². The molecule has 0 aliphatic rings. The fourth-order valence-corrected chi connectivity index (χ4v) is 2.33. The summed E-state index contributed by atoms with van der Waals surface area (Å²) in [5, 5.41) is 13.5. The van der Waals surface area contributed by atoms with Gasteiger partial charge in [0.05, 0.1) is 11.2 Å². The topological polar surface area (TPSA) is 71.2 Å². The number of hydrogen-bond acceptors (Lipinski definition) is 4. The maximum atomic E-state index is 8.94. The molecule has 0 atom stereocenters. The van der Waals surface area contributed by atoms with Gasteiger partial charge in [0, 0.05) is 30.4 Å². The minimum atomic E-state index is 0.138. The molecule has 0 aliphatic heterocycles. The number of benzene rings is 1. The molecule has 0 unspecified atom stereocenters. The van der Waals surface area contributed by atoms with Gasteiger partial charge in [-0.15, -0.1) is 0 Å². The lowest BCUT2D eigenvalue weighted by Gasteiger charge is -2.25. The van der Waals surface area contributed by atoms with Crippen molar-refractivity contribution in [2.75, 3.05) is 24.2 Å². The Kier molecular flexibility index (Phi) is 4.45. The molecule has 0 aliphatic carbocycles. The Morgan fingerprint density at radius 3 is 2.85 bits per heavy atom. The average molecular weight is 273 g/mol. The molecule has 108 valence electrons. The van der Waals surface area contributed by atoms with E-state index < -0.39 is 0 Å². The van der Waals surface area contributed by atoms with Crippen LogP contribution in [-0.2, 0) is 0 Å². The molecule has 1 aromatic carbocycles. The number of aromatic nitrogens is 1. The van der Waals surface area contributed by atoms with E-state index in [1.807, 2.05) is 24.3 Å². The summed E-state index contributed by atoms with van der Waals surface area (Å²) in [7, 11) is 0. The molecule has 0 radical (unpaired) electrons. The molecule has 1 aromatic heterocycles. The molecule has 0 amide bonds. The highest BCUT2D eigenvalue weighted by Crippen LogP contribution is 2.28. The molecule has 0 saturated carbocycles. The van der Waals surface area contributed by atoms with E-state index in [0.29, 0.717) is 5.69 Å². The number of hydrogen-bond donors (Lipinski definition) is 3. The monoisotopic (exact) mass is 273 g/mol. The first kappa shape index (κ1) is 14.6. The highest BCUT2D eigenvalue weighted by Gasteiger charge is 2.17. The normalized spacial score (nSPS) is 11.8. The number of rotatable bonds is 6. The van der Waals surface area contributed by atoms with Crippen molar-refractivity contribution in [1.82, 2.24) is 4.98 Å². The molecule has 0 spiro atoms. The second kappa shape index (κ2) is 6.09. The Labute approximate surface area is 120 Å². The molecule has 4 heteroatoms. The zero-order chi connectivity index (χ0) is 14.6. The van der Waals surface area contributed by atoms with Crippen LogP contribution in [0.1, 0.15) is 26.7 Å². The fourth-order valence-electron chi connectivity index (χ4n) is 2.33. The van der Waals surface area contributed by atoms with Crippen molar-refractivity contribution in [3.63, 3.8) is 0 Å². The van der Waals surface area contributed by atoms with Crippen molar-refractivity contribution in [3.8, 4) is 0 Å². The molecule has 0 fully saturated rings. The Hall–Kier alpha value is -1.81. The van der Waals surface area contributed by atoms with Crippen molar-refractivity contribution < 1.29 is 5.11 Å². The maximum Gasteiger partial charge on any atom is 0.0951 e. The molecule has 4 nitrogen and oxygen atoms in total. The summed E-state index contributed by atoms with van der Waals surface area (Å²) >= 11 is 0. The van der Waals surface area contributed by atoms with E-state index >= 15 is 0 Å². The van der Waals surface area contributed by atoms with Crippen molar-refractivity contribution >= 4 is 22.3 Å².